The molecular formula is C53H64F4N2O8S2. The zero-order valence-electron chi connectivity index (χ0n) is 39.4. The number of rotatable bonds is 24. The Kier molecular flexibility index (Phi) is 20.8. The first-order valence-corrected chi connectivity index (χ1v) is 25.2. The number of hydrogen-bond donors (Lipinski definition) is 3. The number of amides is 2. The number of aliphatic hydroxyl groups excluding tert-OH is 2. The number of aromatic carboxylic acids is 1. The Labute approximate surface area is 410 Å². The van der Waals surface area contributed by atoms with Crippen molar-refractivity contribution in [2.45, 2.75) is 127 Å². The molecule has 4 heterocycles. The van der Waals surface area contributed by atoms with Gasteiger partial charge in [0, 0.05) is 35.7 Å². The molecule has 0 bridgehead atoms. The highest BCUT2D eigenvalue weighted by atomic mass is 32.1. The molecule has 10 nitrogen and oxygen atoms in total. The number of esters is 1. The fourth-order valence-electron chi connectivity index (χ4n) is 8.47. The maximum absolute atomic E-state index is 14.2. The number of carbonyl (C=O) groups excluding carboxylic acids is 3. The number of likely N-dealkylation sites (tertiary alicyclic amines) is 2. The lowest BCUT2D eigenvalue weighted by Crippen LogP contribution is -2.36. The van der Waals surface area contributed by atoms with Crippen LogP contribution in [0.4, 0.5) is 17.6 Å². The molecule has 374 valence electrons. The summed E-state index contributed by atoms with van der Waals surface area (Å²) < 4.78 is 61.4. The van der Waals surface area contributed by atoms with E-state index in [1.165, 1.54) is 57.6 Å². The number of aryl methyl sites for hydroxylation is 4. The van der Waals surface area contributed by atoms with Crippen LogP contribution in [0.15, 0.2) is 109 Å². The lowest BCUT2D eigenvalue weighted by atomic mass is 9.95. The zero-order chi connectivity index (χ0) is 50.1. The Morgan fingerprint density at radius 3 is 1.45 bits per heavy atom. The zero-order valence-corrected chi connectivity index (χ0v) is 41.0. The van der Waals surface area contributed by atoms with Crippen LogP contribution < -0.4 is 0 Å². The van der Waals surface area contributed by atoms with Gasteiger partial charge in [0.1, 0.15) is 9.75 Å². The molecule has 0 unspecified atom stereocenters. The monoisotopic (exact) mass is 996 g/mol. The number of carboxylic acids is 1. The van der Waals surface area contributed by atoms with Gasteiger partial charge >= 0.3 is 23.8 Å². The maximum Gasteiger partial charge on any atom is 0.348 e. The van der Waals surface area contributed by atoms with Crippen molar-refractivity contribution in [3.63, 3.8) is 0 Å². The van der Waals surface area contributed by atoms with Crippen LogP contribution in [-0.2, 0) is 40.0 Å². The lowest BCUT2D eigenvalue weighted by Gasteiger charge is -2.22. The predicted molar refractivity (Wildman–Crippen MR) is 261 cm³/mol. The minimum absolute atomic E-state index is 0.0242. The molecule has 6 atom stereocenters. The number of thiophene rings is 2. The number of nitrogens with zero attached hydrogens (tertiary/aromatic N) is 2. The van der Waals surface area contributed by atoms with E-state index in [2.05, 4.69) is 24.3 Å². The molecule has 2 amide bonds. The maximum atomic E-state index is 14.2. The number of methoxy groups -OCH3 is 1. The van der Waals surface area contributed by atoms with Gasteiger partial charge in [-0.15, -0.1) is 22.7 Å². The number of aliphatic hydroxyl groups is 2. The van der Waals surface area contributed by atoms with Crippen LogP contribution in [0.3, 0.4) is 0 Å². The van der Waals surface area contributed by atoms with Crippen molar-refractivity contribution in [1.29, 1.82) is 0 Å². The van der Waals surface area contributed by atoms with Gasteiger partial charge in [0.05, 0.1) is 31.4 Å². The van der Waals surface area contributed by atoms with Crippen LogP contribution in [0.5, 0.6) is 0 Å². The first-order valence-electron chi connectivity index (χ1n) is 23.6. The van der Waals surface area contributed by atoms with Gasteiger partial charge in [0.25, 0.3) is 11.8 Å². The number of hydrogen-bond acceptors (Lipinski definition) is 9. The third-order valence-electron chi connectivity index (χ3n) is 12.6. The van der Waals surface area contributed by atoms with Crippen molar-refractivity contribution < 1.29 is 56.8 Å². The van der Waals surface area contributed by atoms with Gasteiger partial charge in [-0.2, -0.15) is 17.6 Å². The number of halogens is 4. The quantitative estimate of drug-likeness (QED) is 0.0358. The molecule has 4 aromatic rings. The molecule has 16 heteroatoms. The third-order valence-corrected chi connectivity index (χ3v) is 14.9. The Bertz CT molecular complexity index is 2320. The van der Waals surface area contributed by atoms with Crippen LogP contribution in [-0.4, -0.2) is 105 Å². The van der Waals surface area contributed by atoms with Gasteiger partial charge in [0.2, 0.25) is 0 Å². The third kappa shape index (κ3) is 16.5. The highest BCUT2D eigenvalue weighted by Crippen LogP contribution is 2.36. The van der Waals surface area contributed by atoms with E-state index in [9.17, 15) is 47.0 Å². The van der Waals surface area contributed by atoms with Crippen LogP contribution in [0.2, 0.25) is 0 Å². The number of carbonyl (C=O) groups is 4. The molecule has 0 saturated carbocycles. The van der Waals surface area contributed by atoms with E-state index in [4.69, 9.17) is 9.84 Å². The number of benzene rings is 2. The van der Waals surface area contributed by atoms with E-state index in [0.717, 1.165) is 59.6 Å². The Balaban J connectivity index is 0.000000258. The second kappa shape index (κ2) is 26.2. The van der Waals surface area contributed by atoms with E-state index in [1.54, 1.807) is 24.3 Å². The molecule has 2 fully saturated rings. The smallest absolute Gasteiger partial charge is 0.348 e. The van der Waals surface area contributed by atoms with Crippen molar-refractivity contribution in [1.82, 2.24) is 9.80 Å². The van der Waals surface area contributed by atoms with Crippen molar-refractivity contribution in [2.75, 3.05) is 20.2 Å². The molecule has 2 aliphatic heterocycles. The highest BCUT2D eigenvalue weighted by Gasteiger charge is 2.53. The van der Waals surface area contributed by atoms with Crippen LogP contribution in [0, 0.1) is 11.8 Å². The second-order valence-electron chi connectivity index (χ2n) is 17.9. The summed E-state index contributed by atoms with van der Waals surface area (Å²) in [5.74, 6) is -10.6. The van der Waals surface area contributed by atoms with E-state index in [-0.39, 0.29) is 29.8 Å². The summed E-state index contributed by atoms with van der Waals surface area (Å²) in [6.45, 7) is 4.19. The molecule has 3 N–H and O–H groups in total. The molecule has 2 aromatic heterocycles. The van der Waals surface area contributed by atoms with Crippen molar-refractivity contribution in [3.05, 3.63) is 140 Å². The van der Waals surface area contributed by atoms with E-state index in [1.807, 2.05) is 56.3 Å². The van der Waals surface area contributed by atoms with Crippen molar-refractivity contribution in [3.8, 4) is 0 Å². The van der Waals surface area contributed by atoms with Gasteiger partial charge in [-0.3, -0.25) is 9.59 Å². The summed E-state index contributed by atoms with van der Waals surface area (Å²) in [5, 5.41) is 30.1. The Morgan fingerprint density at radius 2 is 1.06 bits per heavy atom. The Morgan fingerprint density at radius 1 is 0.652 bits per heavy atom. The number of alkyl halides is 4. The standard InChI is InChI=1S/C27H33F2NO4S.C26H31F2NO4S/c1-19(8-6-11-20-9-4-3-5-10-20)23(31)15-13-21-18-27(28,29)26(33)30(21)17-7-12-22-14-16-24(35-22)25(32)34-2;1-18(7-5-10-19-8-3-2-4-9-19)22(30)14-12-20-17-26(27,28)25(33)29(20)16-6-11-21-13-15-23(34-21)24(31)32/h3-5,9-10,13-16,19,21,23,31H,6-8,11-12,17-18H2,1-2H3;2-4,8-9,12-15,18,20,22,30H,5-7,10-11,16-17H2,1H3,(H,31,32)/b15-13+;14-12+/t19-,21-,23+;18-,20-,22+/m00/s1. The molecule has 6 rings (SSSR count). The SMILES string of the molecule is COC(=O)c1ccc(CCCN2C(=O)C(F)(F)C[C@@H]2/C=C/[C@@H](O)[C@@H](C)CCCc2ccccc2)s1.C[C@@H](CCCc1ccccc1)[C@H](O)/C=C/[C@H]1CC(F)(F)C(=O)N1CCCc1ccc(C(=O)O)s1. The molecular weight excluding hydrogens is 933 g/mol. The first-order chi connectivity index (χ1) is 32.9. The fourth-order valence-corrected chi connectivity index (χ4v) is 10.3. The molecule has 69 heavy (non-hydrogen) atoms. The predicted octanol–water partition coefficient (Wildman–Crippen LogP) is 10.5. The number of carboxylic acid groups (broad SMARTS) is 1. The van der Waals surface area contributed by atoms with Crippen LogP contribution in [0.1, 0.15) is 105 Å². The lowest BCUT2D eigenvalue weighted by molar-refractivity contribution is -0.148. The summed E-state index contributed by atoms with van der Waals surface area (Å²) in [6.07, 6.45) is 10.7. The van der Waals surface area contributed by atoms with Crippen LogP contribution in [0.25, 0.3) is 0 Å². The molecule has 2 aromatic carbocycles. The average Bonchev–Trinajstić information content (AvgIpc) is 4.11. The summed E-state index contributed by atoms with van der Waals surface area (Å²) in [6, 6.07) is 25.4. The van der Waals surface area contributed by atoms with E-state index < -0.39 is 72.7 Å². The van der Waals surface area contributed by atoms with Gasteiger partial charge in [-0.25, -0.2) is 9.59 Å². The number of ether oxygens (including phenoxy) is 1. The van der Waals surface area contributed by atoms with Gasteiger partial charge in [0.15, 0.2) is 0 Å². The minimum atomic E-state index is -3.42. The topological polar surface area (TPSA) is 145 Å². The largest absolute Gasteiger partial charge is 0.477 e. The molecule has 0 spiro atoms. The van der Waals surface area contributed by atoms with Crippen molar-refractivity contribution in [2.24, 2.45) is 11.8 Å². The highest BCUT2D eigenvalue weighted by molar-refractivity contribution is 7.14. The fraction of sp³-hybridized carbons (Fsp3) is 0.472. The van der Waals surface area contributed by atoms with Gasteiger partial charge in [-0.1, -0.05) is 98.8 Å². The summed E-state index contributed by atoms with van der Waals surface area (Å²) in [5.41, 5.74) is 2.49. The van der Waals surface area contributed by atoms with Gasteiger partial charge in [-0.05, 0) is 111 Å². The molecule has 0 radical (unpaired) electrons. The molecule has 2 saturated heterocycles. The van der Waals surface area contributed by atoms with Crippen LogP contribution >= 0.6 is 22.7 Å². The second-order valence-corrected chi connectivity index (χ2v) is 20.3. The van der Waals surface area contributed by atoms with E-state index in [0.29, 0.717) is 30.6 Å². The van der Waals surface area contributed by atoms with E-state index >= 15 is 0 Å². The molecule has 0 aliphatic carbocycles. The summed E-state index contributed by atoms with van der Waals surface area (Å²) in [4.78, 5) is 52.0. The summed E-state index contributed by atoms with van der Waals surface area (Å²) >= 11 is 2.45. The molecule has 2 aliphatic rings. The van der Waals surface area contributed by atoms with Gasteiger partial charge < -0.3 is 29.9 Å². The summed E-state index contributed by atoms with van der Waals surface area (Å²) in [7, 11) is 1.32. The first kappa shape index (κ1) is 54.8. The van der Waals surface area contributed by atoms with Crippen molar-refractivity contribution >= 4 is 46.4 Å². The Hall–Kier alpha value is -5.16. The normalized spacial score (nSPS) is 19.4. The minimum Gasteiger partial charge on any atom is -0.477 e. The average molecular weight is 997 g/mol.